The third-order valence-electron chi connectivity index (χ3n) is 4.32. The van der Waals surface area contributed by atoms with Crippen LogP contribution in [0.4, 0.5) is 0 Å². The molecule has 7 heteroatoms. The van der Waals surface area contributed by atoms with Crippen molar-refractivity contribution in [1.82, 2.24) is 14.8 Å². The number of amides is 1. The average Bonchev–Trinajstić information content (AvgIpc) is 2.62. The van der Waals surface area contributed by atoms with Crippen LogP contribution in [0.25, 0.3) is 0 Å². The van der Waals surface area contributed by atoms with Crippen molar-refractivity contribution in [2.24, 2.45) is 0 Å². The van der Waals surface area contributed by atoms with Gasteiger partial charge in [0.15, 0.2) is 9.84 Å². The van der Waals surface area contributed by atoms with Crippen molar-refractivity contribution >= 4 is 15.7 Å². The molecule has 0 atom stereocenters. The predicted octanol–water partition coefficient (Wildman–Crippen LogP) is 1.44. The van der Waals surface area contributed by atoms with E-state index in [0.29, 0.717) is 18.7 Å². The van der Waals surface area contributed by atoms with Crippen LogP contribution < -0.4 is 0 Å². The zero-order valence-electron chi connectivity index (χ0n) is 14.1. The first kappa shape index (κ1) is 17.6. The number of pyridine rings is 1. The minimum Gasteiger partial charge on any atom is -0.336 e. The van der Waals surface area contributed by atoms with Crippen molar-refractivity contribution in [3.63, 3.8) is 0 Å². The Labute approximate surface area is 148 Å². The van der Waals surface area contributed by atoms with Crippen molar-refractivity contribution in [3.8, 4) is 0 Å². The van der Waals surface area contributed by atoms with Crippen LogP contribution in [0.2, 0.25) is 0 Å². The van der Waals surface area contributed by atoms with Gasteiger partial charge in [-0.25, -0.2) is 8.42 Å². The van der Waals surface area contributed by atoms with Gasteiger partial charge in [-0.1, -0.05) is 6.07 Å². The van der Waals surface area contributed by atoms with E-state index in [2.05, 4.69) is 9.88 Å². The molecule has 0 bridgehead atoms. The number of piperazine rings is 1. The topological polar surface area (TPSA) is 70.6 Å². The number of nitrogens with zero attached hydrogens (tertiary/aromatic N) is 3. The van der Waals surface area contributed by atoms with Gasteiger partial charge in [0.2, 0.25) is 0 Å². The van der Waals surface area contributed by atoms with Crippen LogP contribution in [0.5, 0.6) is 0 Å². The summed E-state index contributed by atoms with van der Waals surface area (Å²) in [7, 11) is -3.32. The minimum atomic E-state index is -3.32. The molecule has 0 unspecified atom stereocenters. The van der Waals surface area contributed by atoms with E-state index in [0.717, 1.165) is 25.9 Å². The fourth-order valence-corrected chi connectivity index (χ4v) is 3.56. The normalized spacial score (nSPS) is 16.0. The number of aromatic nitrogens is 1. The van der Waals surface area contributed by atoms with Gasteiger partial charge in [-0.2, -0.15) is 0 Å². The van der Waals surface area contributed by atoms with Gasteiger partial charge in [-0.3, -0.25) is 14.7 Å². The highest BCUT2D eigenvalue weighted by Crippen LogP contribution is 2.15. The molecule has 0 radical (unpaired) electrons. The van der Waals surface area contributed by atoms with Gasteiger partial charge in [0.25, 0.3) is 5.91 Å². The molecule has 0 aliphatic carbocycles. The molecule has 132 valence electrons. The lowest BCUT2D eigenvalue weighted by atomic mass is 10.1. The molecule has 1 aromatic carbocycles. The molecular weight excluding hydrogens is 338 g/mol. The molecule has 0 N–H and O–H groups in total. The van der Waals surface area contributed by atoms with E-state index in [1.54, 1.807) is 29.4 Å². The summed E-state index contributed by atoms with van der Waals surface area (Å²) in [6, 6.07) is 10.2. The Morgan fingerprint density at radius 3 is 2.40 bits per heavy atom. The van der Waals surface area contributed by atoms with Crippen LogP contribution in [0.3, 0.4) is 0 Å². The molecule has 25 heavy (non-hydrogen) atoms. The maximum atomic E-state index is 12.6. The number of carbonyl (C=O) groups excluding carboxylic acids is 1. The number of carbonyl (C=O) groups is 1. The highest BCUT2D eigenvalue weighted by Gasteiger charge is 2.23. The predicted molar refractivity (Wildman–Crippen MR) is 95.0 cm³/mol. The molecule has 0 spiro atoms. The lowest BCUT2D eigenvalue weighted by Gasteiger charge is -2.34. The van der Waals surface area contributed by atoms with Crippen LogP contribution in [-0.4, -0.2) is 61.5 Å². The highest BCUT2D eigenvalue weighted by atomic mass is 32.2. The molecule has 1 aromatic heterocycles. The Morgan fingerprint density at radius 1 is 1.08 bits per heavy atom. The van der Waals surface area contributed by atoms with Crippen LogP contribution >= 0.6 is 0 Å². The molecular formula is C18H21N3O3S. The van der Waals surface area contributed by atoms with Crippen molar-refractivity contribution in [1.29, 1.82) is 0 Å². The molecule has 0 saturated carbocycles. The van der Waals surface area contributed by atoms with Gasteiger partial charge in [0.1, 0.15) is 0 Å². The van der Waals surface area contributed by atoms with Crippen LogP contribution in [0.1, 0.15) is 15.9 Å². The number of hydrogen-bond acceptors (Lipinski definition) is 5. The molecule has 1 aliphatic heterocycles. The van der Waals surface area contributed by atoms with Gasteiger partial charge >= 0.3 is 0 Å². The summed E-state index contributed by atoms with van der Waals surface area (Å²) >= 11 is 0. The average molecular weight is 359 g/mol. The Hall–Kier alpha value is -2.25. The van der Waals surface area contributed by atoms with Gasteiger partial charge in [0, 0.05) is 56.9 Å². The van der Waals surface area contributed by atoms with Crippen molar-refractivity contribution in [2.75, 3.05) is 32.4 Å². The van der Waals surface area contributed by atoms with E-state index in [9.17, 15) is 13.2 Å². The molecule has 1 amide bonds. The Balaban J connectivity index is 1.62. The van der Waals surface area contributed by atoms with E-state index >= 15 is 0 Å². The maximum absolute atomic E-state index is 12.6. The lowest BCUT2D eigenvalue weighted by molar-refractivity contribution is 0.0628. The van der Waals surface area contributed by atoms with E-state index in [4.69, 9.17) is 0 Å². The molecule has 1 saturated heterocycles. The van der Waals surface area contributed by atoms with Crippen LogP contribution in [-0.2, 0) is 16.4 Å². The second kappa shape index (κ2) is 7.33. The van der Waals surface area contributed by atoms with E-state index in [1.807, 2.05) is 12.1 Å². The third kappa shape index (κ3) is 4.43. The van der Waals surface area contributed by atoms with Crippen molar-refractivity contribution in [2.45, 2.75) is 11.4 Å². The summed E-state index contributed by atoms with van der Waals surface area (Å²) in [5, 5.41) is 0. The fraction of sp³-hybridized carbons (Fsp3) is 0.333. The van der Waals surface area contributed by atoms with Gasteiger partial charge in [-0.05, 0) is 35.9 Å². The summed E-state index contributed by atoms with van der Waals surface area (Å²) in [6.45, 7) is 3.69. The largest absolute Gasteiger partial charge is 0.336 e. The third-order valence-corrected chi connectivity index (χ3v) is 5.43. The summed E-state index contributed by atoms with van der Waals surface area (Å²) in [5.74, 6) is -0.117. The quantitative estimate of drug-likeness (QED) is 0.826. The minimum absolute atomic E-state index is 0.117. The summed E-state index contributed by atoms with van der Waals surface area (Å²) in [5.41, 5.74) is 1.63. The van der Waals surface area contributed by atoms with Crippen LogP contribution in [0.15, 0.2) is 53.7 Å². The van der Waals surface area contributed by atoms with E-state index < -0.39 is 9.84 Å². The lowest BCUT2D eigenvalue weighted by Crippen LogP contribution is -2.48. The SMILES string of the molecule is CS(=O)(=O)c1cccc(C(=O)N2CCN(Cc3ccncc3)CC2)c1. The second-order valence-corrected chi connectivity index (χ2v) is 8.24. The first-order valence-corrected chi connectivity index (χ1v) is 10.0. The number of rotatable bonds is 4. The zero-order chi connectivity index (χ0) is 17.9. The zero-order valence-corrected chi connectivity index (χ0v) is 14.9. The van der Waals surface area contributed by atoms with Gasteiger partial charge in [0.05, 0.1) is 4.90 Å². The highest BCUT2D eigenvalue weighted by molar-refractivity contribution is 7.90. The Kier molecular flexibility index (Phi) is 5.15. The number of benzene rings is 1. The van der Waals surface area contributed by atoms with Gasteiger partial charge < -0.3 is 4.90 Å². The van der Waals surface area contributed by atoms with Crippen molar-refractivity contribution < 1.29 is 13.2 Å². The van der Waals surface area contributed by atoms with E-state index in [1.165, 1.54) is 17.7 Å². The smallest absolute Gasteiger partial charge is 0.253 e. The molecule has 1 aliphatic rings. The molecule has 2 heterocycles. The number of sulfone groups is 1. The summed E-state index contributed by atoms with van der Waals surface area (Å²) in [4.78, 5) is 20.9. The summed E-state index contributed by atoms with van der Waals surface area (Å²) in [6.07, 6.45) is 4.71. The second-order valence-electron chi connectivity index (χ2n) is 6.22. The van der Waals surface area contributed by atoms with Crippen molar-refractivity contribution in [3.05, 3.63) is 59.9 Å². The molecule has 3 rings (SSSR count). The maximum Gasteiger partial charge on any atom is 0.253 e. The van der Waals surface area contributed by atoms with Gasteiger partial charge in [-0.15, -0.1) is 0 Å². The number of hydrogen-bond donors (Lipinski definition) is 0. The molecule has 6 nitrogen and oxygen atoms in total. The fourth-order valence-electron chi connectivity index (χ4n) is 2.90. The Morgan fingerprint density at radius 2 is 1.76 bits per heavy atom. The first-order chi connectivity index (χ1) is 11.9. The molecule has 2 aromatic rings. The van der Waals surface area contributed by atoms with E-state index in [-0.39, 0.29) is 10.8 Å². The molecule has 1 fully saturated rings. The monoisotopic (exact) mass is 359 g/mol. The summed E-state index contributed by atoms with van der Waals surface area (Å²) < 4.78 is 23.3. The Bertz CT molecular complexity index is 845. The first-order valence-electron chi connectivity index (χ1n) is 8.14. The van der Waals surface area contributed by atoms with Crippen LogP contribution in [0, 0.1) is 0 Å². The standard InChI is InChI=1S/C18H21N3O3S/c1-25(23,24)17-4-2-3-16(13-17)18(22)21-11-9-20(10-12-21)14-15-5-7-19-8-6-15/h2-8,13H,9-12,14H2,1H3.